The first-order valence-electron chi connectivity index (χ1n) is 8.70. The quantitative estimate of drug-likeness (QED) is 0.487. The van der Waals surface area contributed by atoms with Gasteiger partial charge in [-0.3, -0.25) is 4.98 Å². The fraction of sp³-hybridized carbons (Fsp3) is 0.0455. The van der Waals surface area contributed by atoms with Crippen molar-refractivity contribution < 1.29 is 4.42 Å². The number of hydrogen-bond acceptors (Lipinski definition) is 5. The average molecular weight is 352 g/mol. The summed E-state index contributed by atoms with van der Waals surface area (Å²) in [7, 11) is 1.87. The number of aromatic nitrogens is 3. The lowest BCUT2D eigenvalue weighted by atomic mass is 10.00. The van der Waals surface area contributed by atoms with Crippen molar-refractivity contribution in [3.8, 4) is 22.5 Å². The summed E-state index contributed by atoms with van der Waals surface area (Å²) in [5.41, 5.74) is 4.88. The first kappa shape index (κ1) is 15.5. The molecule has 5 rings (SSSR count). The van der Waals surface area contributed by atoms with E-state index in [4.69, 9.17) is 14.4 Å². The van der Waals surface area contributed by atoms with Crippen LogP contribution in [-0.2, 0) is 0 Å². The summed E-state index contributed by atoms with van der Waals surface area (Å²) in [5, 5.41) is 5.27. The predicted molar refractivity (Wildman–Crippen MR) is 108 cm³/mol. The van der Waals surface area contributed by atoms with Crippen LogP contribution in [0, 0.1) is 0 Å². The molecule has 0 radical (unpaired) electrons. The average Bonchev–Trinajstić information content (AvgIpc) is 3.22. The number of pyridine rings is 1. The highest BCUT2D eigenvalue weighted by Crippen LogP contribution is 2.33. The van der Waals surface area contributed by atoms with E-state index in [2.05, 4.69) is 28.5 Å². The Morgan fingerprint density at radius 2 is 1.85 bits per heavy atom. The lowest BCUT2D eigenvalue weighted by molar-refractivity contribution is 0.616. The van der Waals surface area contributed by atoms with E-state index in [1.807, 2.05) is 43.4 Å². The van der Waals surface area contributed by atoms with Gasteiger partial charge in [-0.1, -0.05) is 18.2 Å². The van der Waals surface area contributed by atoms with E-state index < -0.39 is 0 Å². The second kappa shape index (κ2) is 6.21. The zero-order valence-corrected chi connectivity index (χ0v) is 14.7. The predicted octanol–water partition coefficient (Wildman–Crippen LogP) is 5.15. The first-order valence-corrected chi connectivity index (χ1v) is 8.70. The Kier molecular flexibility index (Phi) is 3.57. The summed E-state index contributed by atoms with van der Waals surface area (Å²) in [5.74, 6) is 1.45. The fourth-order valence-electron chi connectivity index (χ4n) is 3.36. The van der Waals surface area contributed by atoms with Gasteiger partial charge in [-0.05, 0) is 47.5 Å². The maximum atomic E-state index is 5.53. The van der Waals surface area contributed by atoms with Crippen molar-refractivity contribution in [3.63, 3.8) is 0 Å². The van der Waals surface area contributed by atoms with Crippen LogP contribution >= 0.6 is 0 Å². The van der Waals surface area contributed by atoms with E-state index in [1.165, 1.54) is 0 Å². The van der Waals surface area contributed by atoms with Crippen molar-refractivity contribution in [2.45, 2.75) is 0 Å². The minimum Gasteiger partial charge on any atom is -0.464 e. The Hall–Kier alpha value is -3.73. The number of fused-ring (bicyclic) bond motifs is 2. The monoisotopic (exact) mass is 352 g/mol. The molecule has 0 fully saturated rings. The molecule has 3 aromatic heterocycles. The van der Waals surface area contributed by atoms with Crippen molar-refractivity contribution in [1.29, 1.82) is 0 Å². The SMILES string of the molecule is CNc1nc(-c2cccnc2)nc2ccc(-c3cccc4occc34)cc12. The molecule has 0 bridgehead atoms. The molecule has 130 valence electrons. The molecule has 0 aliphatic carbocycles. The van der Waals surface area contributed by atoms with Crippen molar-refractivity contribution in [1.82, 2.24) is 15.0 Å². The van der Waals surface area contributed by atoms with Gasteiger partial charge in [-0.2, -0.15) is 0 Å². The molecule has 0 saturated heterocycles. The molecule has 0 amide bonds. The van der Waals surface area contributed by atoms with Gasteiger partial charge in [0.15, 0.2) is 5.82 Å². The van der Waals surface area contributed by atoms with Crippen LogP contribution in [0.2, 0.25) is 0 Å². The van der Waals surface area contributed by atoms with Crippen LogP contribution in [0.15, 0.2) is 77.7 Å². The van der Waals surface area contributed by atoms with Crippen LogP contribution < -0.4 is 5.32 Å². The van der Waals surface area contributed by atoms with Crippen LogP contribution in [0.5, 0.6) is 0 Å². The fourth-order valence-corrected chi connectivity index (χ4v) is 3.36. The van der Waals surface area contributed by atoms with Gasteiger partial charge >= 0.3 is 0 Å². The maximum absolute atomic E-state index is 5.53. The van der Waals surface area contributed by atoms with Crippen LogP contribution in [0.1, 0.15) is 0 Å². The van der Waals surface area contributed by atoms with Gasteiger partial charge in [0.05, 0.1) is 11.8 Å². The smallest absolute Gasteiger partial charge is 0.163 e. The lowest BCUT2D eigenvalue weighted by Crippen LogP contribution is -1.99. The van der Waals surface area contributed by atoms with E-state index >= 15 is 0 Å². The van der Waals surface area contributed by atoms with Gasteiger partial charge in [0.1, 0.15) is 11.4 Å². The number of hydrogen-bond donors (Lipinski definition) is 1. The molecule has 3 heterocycles. The Morgan fingerprint density at radius 3 is 2.70 bits per heavy atom. The number of furan rings is 1. The molecule has 0 aliphatic rings. The Balaban J connectivity index is 1.71. The van der Waals surface area contributed by atoms with Crippen LogP contribution in [0.3, 0.4) is 0 Å². The second-order valence-corrected chi connectivity index (χ2v) is 6.26. The Labute approximate surface area is 155 Å². The summed E-state index contributed by atoms with van der Waals surface area (Å²) in [6.45, 7) is 0. The summed E-state index contributed by atoms with van der Waals surface area (Å²) >= 11 is 0. The Morgan fingerprint density at radius 1 is 0.889 bits per heavy atom. The molecular formula is C22H16N4O. The van der Waals surface area contributed by atoms with Crippen LogP contribution in [-0.4, -0.2) is 22.0 Å². The van der Waals surface area contributed by atoms with Crippen LogP contribution in [0.25, 0.3) is 44.4 Å². The van der Waals surface area contributed by atoms with Crippen molar-refractivity contribution in [2.24, 2.45) is 0 Å². The van der Waals surface area contributed by atoms with Gasteiger partial charge in [0, 0.05) is 35.8 Å². The molecule has 0 unspecified atom stereocenters. The van der Waals surface area contributed by atoms with Crippen molar-refractivity contribution >= 4 is 27.7 Å². The van der Waals surface area contributed by atoms with Crippen molar-refractivity contribution in [2.75, 3.05) is 12.4 Å². The molecule has 5 nitrogen and oxygen atoms in total. The van der Waals surface area contributed by atoms with E-state index in [0.717, 1.165) is 44.4 Å². The summed E-state index contributed by atoms with van der Waals surface area (Å²) in [6.07, 6.45) is 5.23. The van der Waals surface area contributed by atoms with Gasteiger partial charge in [-0.25, -0.2) is 9.97 Å². The molecule has 5 heteroatoms. The highest BCUT2D eigenvalue weighted by Gasteiger charge is 2.12. The number of nitrogens with one attached hydrogen (secondary N) is 1. The highest BCUT2D eigenvalue weighted by atomic mass is 16.3. The van der Waals surface area contributed by atoms with E-state index in [-0.39, 0.29) is 0 Å². The number of benzene rings is 2. The molecular weight excluding hydrogens is 336 g/mol. The number of nitrogens with zero attached hydrogens (tertiary/aromatic N) is 3. The van der Waals surface area contributed by atoms with Gasteiger partial charge < -0.3 is 9.73 Å². The van der Waals surface area contributed by atoms with Crippen molar-refractivity contribution in [3.05, 3.63) is 73.3 Å². The third kappa shape index (κ3) is 2.60. The Bertz CT molecular complexity index is 1260. The molecule has 0 atom stereocenters. The number of rotatable bonds is 3. The third-order valence-electron chi connectivity index (χ3n) is 4.66. The molecule has 0 aliphatic heterocycles. The van der Waals surface area contributed by atoms with Crippen LogP contribution in [0.4, 0.5) is 5.82 Å². The first-order chi connectivity index (χ1) is 13.3. The molecule has 1 N–H and O–H groups in total. The van der Waals surface area contributed by atoms with Gasteiger partial charge in [-0.15, -0.1) is 0 Å². The van der Waals surface area contributed by atoms with Gasteiger partial charge in [0.2, 0.25) is 0 Å². The molecule has 0 saturated carbocycles. The zero-order valence-electron chi connectivity index (χ0n) is 14.7. The standard InChI is InChI=1S/C22H16N4O/c1-23-22-18-12-14(16-5-2-6-20-17(16)9-11-27-20)7-8-19(18)25-21(26-22)15-4-3-10-24-13-15/h2-13H,1H3,(H,23,25,26). The zero-order chi connectivity index (χ0) is 18.2. The molecule has 0 spiro atoms. The lowest BCUT2D eigenvalue weighted by Gasteiger charge is -2.10. The van der Waals surface area contributed by atoms with E-state index in [9.17, 15) is 0 Å². The third-order valence-corrected chi connectivity index (χ3v) is 4.66. The summed E-state index contributed by atoms with van der Waals surface area (Å²) in [4.78, 5) is 13.6. The molecule has 27 heavy (non-hydrogen) atoms. The number of anilines is 1. The minimum atomic E-state index is 0.657. The summed E-state index contributed by atoms with van der Waals surface area (Å²) in [6, 6.07) is 18.2. The largest absolute Gasteiger partial charge is 0.464 e. The second-order valence-electron chi connectivity index (χ2n) is 6.26. The maximum Gasteiger partial charge on any atom is 0.163 e. The summed E-state index contributed by atoms with van der Waals surface area (Å²) < 4.78 is 5.53. The molecule has 2 aromatic carbocycles. The highest BCUT2D eigenvalue weighted by molar-refractivity contribution is 5.99. The topological polar surface area (TPSA) is 63.8 Å². The van der Waals surface area contributed by atoms with E-state index in [1.54, 1.807) is 18.7 Å². The minimum absolute atomic E-state index is 0.657. The molecule has 5 aromatic rings. The normalized spacial score (nSPS) is 11.1. The van der Waals surface area contributed by atoms with Gasteiger partial charge in [0.25, 0.3) is 0 Å². The van der Waals surface area contributed by atoms with E-state index in [0.29, 0.717) is 5.82 Å².